The zero-order valence-electron chi connectivity index (χ0n) is 17.3. The largest absolute Gasteiger partial charge is 0.297 e. The molecule has 0 spiro atoms. The fourth-order valence-corrected chi connectivity index (χ4v) is 6.18. The molecule has 0 aliphatic rings. The van der Waals surface area contributed by atoms with Crippen molar-refractivity contribution in [3.05, 3.63) is 109 Å². The summed E-state index contributed by atoms with van der Waals surface area (Å²) in [6, 6.07) is 30.0. The smallest absolute Gasteiger partial charge is 0.204 e. The first kappa shape index (κ1) is 21.3. The highest BCUT2D eigenvalue weighted by Gasteiger charge is 2.35. The number of benzene rings is 3. The minimum absolute atomic E-state index is 0.00597. The zero-order chi connectivity index (χ0) is 20.7. The van der Waals surface area contributed by atoms with Crippen molar-refractivity contribution in [3.63, 3.8) is 0 Å². The van der Waals surface area contributed by atoms with Gasteiger partial charge in [-0.05, 0) is 48.1 Å². The van der Waals surface area contributed by atoms with Crippen molar-refractivity contribution in [2.24, 2.45) is 5.41 Å². The van der Waals surface area contributed by atoms with E-state index in [1.54, 1.807) is 0 Å². The number of rotatable bonds is 9. The van der Waals surface area contributed by atoms with Crippen LogP contribution in [-0.4, -0.2) is 6.04 Å². The molecule has 0 heterocycles. The first-order valence-electron chi connectivity index (χ1n) is 10.1. The lowest BCUT2D eigenvalue weighted by molar-refractivity contribution is 0.329. The summed E-state index contributed by atoms with van der Waals surface area (Å²) in [4.78, 5) is 0. The first-order chi connectivity index (χ1) is 14.0. The van der Waals surface area contributed by atoms with Crippen molar-refractivity contribution in [1.29, 1.82) is 0 Å². The maximum Gasteiger partial charge on any atom is 0.204 e. The minimum atomic E-state index is -3.01. The van der Waals surface area contributed by atoms with Crippen molar-refractivity contribution < 1.29 is 4.57 Å². The molecule has 0 fully saturated rings. The van der Waals surface area contributed by atoms with Gasteiger partial charge in [0.1, 0.15) is 0 Å². The van der Waals surface area contributed by atoms with Gasteiger partial charge in [0, 0.05) is 16.7 Å². The molecule has 0 aliphatic carbocycles. The van der Waals surface area contributed by atoms with Crippen LogP contribution in [0.4, 0.5) is 0 Å². The second-order valence-corrected chi connectivity index (χ2v) is 10.5. The van der Waals surface area contributed by atoms with Crippen LogP contribution in [-0.2, 0) is 11.0 Å². The highest BCUT2D eigenvalue weighted by atomic mass is 31.2. The fraction of sp³-hybridized carbons (Fsp3) is 0.231. The Balaban J connectivity index is 1.97. The van der Waals surface area contributed by atoms with Gasteiger partial charge in [-0.3, -0.25) is 9.65 Å². The molecule has 150 valence electrons. The van der Waals surface area contributed by atoms with Gasteiger partial charge in [-0.1, -0.05) is 86.7 Å². The van der Waals surface area contributed by atoms with E-state index in [1.165, 1.54) is 5.56 Å². The van der Waals surface area contributed by atoms with E-state index in [0.717, 1.165) is 23.5 Å². The maximum atomic E-state index is 14.5. The summed E-state index contributed by atoms with van der Waals surface area (Å²) in [5.74, 6) is 0. The Bertz CT molecular complexity index is 908. The predicted molar refractivity (Wildman–Crippen MR) is 125 cm³/mol. The molecule has 2 nitrogen and oxygen atoms in total. The first-order valence-corrected chi connectivity index (χ1v) is 11.8. The molecule has 0 amide bonds. The standard InChI is InChI=1S/C26H30NOP/c1-4-26(2,3)25(21-20-22-14-8-5-9-15-22)27-29(28,23-16-10-6-11-17-23)24-18-12-7-13-19-24/h4-19,25H,1,20-21H2,2-3H3,(H,27,28). The van der Waals surface area contributed by atoms with E-state index in [0.29, 0.717) is 0 Å². The molecule has 1 N–H and O–H groups in total. The summed E-state index contributed by atoms with van der Waals surface area (Å²) in [7, 11) is -3.01. The van der Waals surface area contributed by atoms with Gasteiger partial charge >= 0.3 is 0 Å². The van der Waals surface area contributed by atoms with Crippen molar-refractivity contribution >= 4 is 17.9 Å². The lowest BCUT2D eigenvalue weighted by atomic mass is 9.82. The van der Waals surface area contributed by atoms with Crippen LogP contribution in [0.2, 0.25) is 0 Å². The quantitative estimate of drug-likeness (QED) is 0.366. The average molecular weight is 404 g/mol. The third-order valence-electron chi connectivity index (χ3n) is 5.57. The topological polar surface area (TPSA) is 29.1 Å². The fourth-order valence-electron chi connectivity index (χ4n) is 3.49. The molecule has 0 saturated carbocycles. The van der Waals surface area contributed by atoms with E-state index in [4.69, 9.17) is 0 Å². The average Bonchev–Trinajstić information content (AvgIpc) is 2.78. The molecular formula is C26H30NOP. The van der Waals surface area contributed by atoms with Gasteiger partial charge in [0.2, 0.25) is 7.29 Å². The Morgan fingerprint density at radius 2 is 1.31 bits per heavy atom. The third kappa shape index (κ3) is 5.15. The van der Waals surface area contributed by atoms with Crippen LogP contribution in [0.5, 0.6) is 0 Å². The van der Waals surface area contributed by atoms with Gasteiger partial charge < -0.3 is 0 Å². The van der Waals surface area contributed by atoms with Crippen LogP contribution in [0.1, 0.15) is 25.8 Å². The van der Waals surface area contributed by atoms with Crippen molar-refractivity contribution in [3.8, 4) is 0 Å². The Morgan fingerprint density at radius 1 is 0.862 bits per heavy atom. The molecule has 3 aromatic carbocycles. The van der Waals surface area contributed by atoms with Crippen molar-refractivity contribution in [2.75, 3.05) is 0 Å². The summed E-state index contributed by atoms with van der Waals surface area (Å²) >= 11 is 0. The number of hydrogen-bond donors (Lipinski definition) is 1. The Morgan fingerprint density at radius 3 is 1.76 bits per heavy atom. The van der Waals surface area contributed by atoms with E-state index < -0.39 is 7.29 Å². The third-order valence-corrected chi connectivity index (χ3v) is 8.29. The molecule has 3 rings (SSSR count). The normalized spacial score (nSPS) is 13.0. The van der Waals surface area contributed by atoms with Crippen LogP contribution < -0.4 is 15.7 Å². The van der Waals surface area contributed by atoms with Gasteiger partial charge in [0.25, 0.3) is 0 Å². The Kier molecular flexibility index (Phi) is 6.90. The van der Waals surface area contributed by atoms with Gasteiger partial charge in [0.05, 0.1) is 0 Å². The van der Waals surface area contributed by atoms with E-state index in [-0.39, 0.29) is 11.5 Å². The van der Waals surface area contributed by atoms with Gasteiger partial charge in [-0.2, -0.15) is 0 Å². The molecule has 1 unspecified atom stereocenters. The maximum absolute atomic E-state index is 14.5. The van der Waals surface area contributed by atoms with Gasteiger partial charge in [-0.15, -0.1) is 6.58 Å². The molecular weight excluding hydrogens is 373 g/mol. The highest BCUT2D eigenvalue weighted by molar-refractivity contribution is 7.76. The lowest BCUT2D eigenvalue weighted by Crippen LogP contribution is -2.43. The molecule has 0 aliphatic heterocycles. The van der Waals surface area contributed by atoms with Gasteiger partial charge in [0.15, 0.2) is 0 Å². The molecule has 0 saturated heterocycles. The molecule has 3 heteroatoms. The molecule has 0 radical (unpaired) electrons. The minimum Gasteiger partial charge on any atom is -0.297 e. The predicted octanol–water partition coefficient (Wildman–Crippen LogP) is 5.72. The SMILES string of the molecule is C=CC(C)(C)C(CCc1ccccc1)NP(=O)(c1ccccc1)c1ccccc1. The Hall–Kier alpha value is -2.41. The van der Waals surface area contributed by atoms with E-state index in [2.05, 4.69) is 49.8 Å². The van der Waals surface area contributed by atoms with Crippen LogP contribution in [0.15, 0.2) is 104 Å². The Labute approximate surface area is 175 Å². The highest BCUT2D eigenvalue weighted by Crippen LogP contribution is 2.42. The van der Waals surface area contributed by atoms with Crippen molar-refractivity contribution in [1.82, 2.24) is 5.09 Å². The molecule has 29 heavy (non-hydrogen) atoms. The number of hydrogen-bond acceptors (Lipinski definition) is 1. The summed E-state index contributed by atoms with van der Waals surface area (Å²) < 4.78 is 14.5. The van der Waals surface area contributed by atoms with Crippen LogP contribution in [0.25, 0.3) is 0 Å². The second kappa shape index (κ2) is 9.39. The van der Waals surface area contributed by atoms with Crippen molar-refractivity contribution in [2.45, 2.75) is 32.7 Å². The number of aryl methyl sites for hydroxylation is 1. The molecule has 0 bridgehead atoms. The monoisotopic (exact) mass is 403 g/mol. The second-order valence-electron chi connectivity index (χ2n) is 8.01. The van der Waals surface area contributed by atoms with Gasteiger partial charge in [-0.25, -0.2) is 0 Å². The van der Waals surface area contributed by atoms with Crippen LogP contribution >= 0.6 is 7.29 Å². The van der Waals surface area contributed by atoms with Crippen LogP contribution in [0.3, 0.4) is 0 Å². The lowest BCUT2D eigenvalue weighted by Gasteiger charge is -2.36. The van der Waals surface area contributed by atoms with Crippen LogP contribution in [0, 0.1) is 5.41 Å². The summed E-state index contributed by atoms with van der Waals surface area (Å²) in [6.45, 7) is 8.37. The zero-order valence-corrected chi connectivity index (χ0v) is 18.2. The number of nitrogens with one attached hydrogen (secondary N) is 1. The summed E-state index contributed by atoms with van der Waals surface area (Å²) in [6.07, 6.45) is 3.75. The molecule has 3 aromatic rings. The van der Waals surface area contributed by atoms with E-state index in [9.17, 15) is 4.57 Å². The van der Waals surface area contributed by atoms with E-state index in [1.807, 2.05) is 72.8 Å². The summed E-state index contributed by atoms with van der Waals surface area (Å²) in [5.41, 5.74) is 1.07. The molecule has 0 aromatic heterocycles. The molecule has 1 atom stereocenters. The summed E-state index contributed by atoms with van der Waals surface area (Å²) in [5, 5.41) is 5.27. The van der Waals surface area contributed by atoms with E-state index >= 15 is 0 Å².